The van der Waals surface area contributed by atoms with Crippen molar-refractivity contribution in [3.63, 3.8) is 0 Å². The molecule has 4 rings (SSSR count). The van der Waals surface area contributed by atoms with Crippen LogP contribution in [0.15, 0.2) is 104 Å². The molecule has 1 saturated heterocycles. The van der Waals surface area contributed by atoms with Crippen LogP contribution >= 0.6 is 0 Å². The van der Waals surface area contributed by atoms with Gasteiger partial charge in [0.25, 0.3) is 0 Å². The van der Waals surface area contributed by atoms with Gasteiger partial charge in [-0.1, -0.05) is 97.1 Å². The summed E-state index contributed by atoms with van der Waals surface area (Å²) in [6, 6.07) is 29.7. The molecule has 3 aromatic carbocycles. The van der Waals surface area contributed by atoms with E-state index in [4.69, 9.17) is 28.4 Å². The van der Waals surface area contributed by atoms with E-state index in [1.807, 2.05) is 91.0 Å². The molecule has 39 heavy (non-hydrogen) atoms. The molecule has 7 nitrogen and oxygen atoms in total. The van der Waals surface area contributed by atoms with Gasteiger partial charge in [-0.25, -0.2) is 0 Å². The molecule has 1 fully saturated rings. The van der Waals surface area contributed by atoms with Crippen LogP contribution in [-0.2, 0) is 48.2 Å². The van der Waals surface area contributed by atoms with Crippen LogP contribution < -0.4 is 0 Å². The molecule has 1 aliphatic heterocycles. The fourth-order valence-corrected chi connectivity index (χ4v) is 4.56. The predicted octanol–water partition coefficient (Wildman–Crippen LogP) is 4.68. The monoisotopic (exact) mass is 534 g/mol. The van der Waals surface area contributed by atoms with Gasteiger partial charge in [-0.05, 0) is 16.7 Å². The fraction of sp³-hybridized carbons (Fsp3) is 0.375. The Morgan fingerprint density at radius 3 is 1.67 bits per heavy atom. The maximum atomic E-state index is 11.2. The van der Waals surface area contributed by atoms with Crippen LogP contribution in [0.3, 0.4) is 0 Å². The Balaban J connectivity index is 1.61. The molecular formula is C32H38O7. The van der Waals surface area contributed by atoms with Gasteiger partial charge < -0.3 is 33.5 Å². The molecule has 1 aliphatic rings. The summed E-state index contributed by atoms with van der Waals surface area (Å²) in [6.07, 6.45) is -2.88. The molecule has 0 amide bonds. The van der Waals surface area contributed by atoms with Crippen molar-refractivity contribution in [1.82, 2.24) is 0 Å². The van der Waals surface area contributed by atoms with Gasteiger partial charge in [0, 0.05) is 7.11 Å². The molecule has 1 unspecified atom stereocenters. The lowest BCUT2D eigenvalue weighted by Crippen LogP contribution is -2.63. The number of benzene rings is 3. The van der Waals surface area contributed by atoms with E-state index in [1.165, 1.54) is 0 Å². The number of rotatable bonds is 15. The highest BCUT2D eigenvalue weighted by molar-refractivity contribution is 5.15. The SMILES string of the molecule is C=CCOCC(O)[C@@H]1O[C@@H](OC)[C@H](OCc2ccccc2)[C@H](OCc2ccccc2)[C@@H]1OCc1ccccc1. The van der Waals surface area contributed by atoms with Crippen molar-refractivity contribution in [2.24, 2.45) is 0 Å². The van der Waals surface area contributed by atoms with E-state index in [1.54, 1.807) is 13.2 Å². The molecule has 3 aromatic rings. The van der Waals surface area contributed by atoms with Gasteiger partial charge >= 0.3 is 0 Å². The average molecular weight is 535 g/mol. The highest BCUT2D eigenvalue weighted by Gasteiger charge is 2.50. The Hall–Kier alpha value is -2.88. The first-order valence-corrected chi connectivity index (χ1v) is 13.2. The summed E-state index contributed by atoms with van der Waals surface area (Å²) in [5.74, 6) is 0. The number of aliphatic hydroxyl groups excluding tert-OH is 1. The third-order valence-electron chi connectivity index (χ3n) is 6.52. The zero-order valence-corrected chi connectivity index (χ0v) is 22.3. The lowest BCUT2D eigenvalue weighted by molar-refractivity contribution is -0.331. The zero-order chi connectivity index (χ0) is 27.3. The summed E-state index contributed by atoms with van der Waals surface area (Å²) < 4.78 is 37.0. The minimum Gasteiger partial charge on any atom is -0.388 e. The molecular weight excluding hydrogens is 496 g/mol. The Bertz CT molecular complexity index is 1080. The van der Waals surface area contributed by atoms with Crippen LogP contribution in [0, 0.1) is 0 Å². The summed E-state index contributed by atoms with van der Waals surface area (Å²) in [4.78, 5) is 0. The molecule has 0 spiro atoms. The van der Waals surface area contributed by atoms with Gasteiger partial charge in [-0.2, -0.15) is 0 Å². The summed E-state index contributed by atoms with van der Waals surface area (Å²) in [5, 5.41) is 11.2. The van der Waals surface area contributed by atoms with Gasteiger partial charge in [0.15, 0.2) is 6.29 Å². The number of hydrogen-bond acceptors (Lipinski definition) is 7. The van der Waals surface area contributed by atoms with E-state index < -0.39 is 36.8 Å². The van der Waals surface area contributed by atoms with Crippen molar-refractivity contribution < 1.29 is 33.5 Å². The number of hydrogen-bond donors (Lipinski definition) is 1. The second kappa shape index (κ2) is 15.6. The van der Waals surface area contributed by atoms with Crippen LogP contribution in [0.25, 0.3) is 0 Å². The van der Waals surface area contributed by atoms with E-state index in [0.717, 1.165) is 16.7 Å². The highest BCUT2D eigenvalue weighted by Crippen LogP contribution is 2.32. The Morgan fingerprint density at radius 2 is 1.21 bits per heavy atom. The van der Waals surface area contributed by atoms with Crippen LogP contribution in [0.5, 0.6) is 0 Å². The van der Waals surface area contributed by atoms with Crippen molar-refractivity contribution in [1.29, 1.82) is 0 Å². The summed E-state index contributed by atoms with van der Waals surface area (Å²) in [7, 11) is 1.56. The van der Waals surface area contributed by atoms with Gasteiger partial charge in [0.2, 0.25) is 0 Å². The van der Waals surface area contributed by atoms with Gasteiger partial charge in [0.05, 0.1) is 33.0 Å². The maximum Gasteiger partial charge on any atom is 0.186 e. The Kier molecular flexibility index (Phi) is 11.7. The maximum absolute atomic E-state index is 11.2. The minimum atomic E-state index is -0.999. The number of aliphatic hydroxyl groups is 1. The molecule has 0 saturated carbocycles. The van der Waals surface area contributed by atoms with Crippen molar-refractivity contribution in [2.45, 2.75) is 56.6 Å². The molecule has 0 aromatic heterocycles. The molecule has 1 heterocycles. The first-order chi connectivity index (χ1) is 19.2. The van der Waals surface area contributed by atoms with Crippen molar-refractivity contribution >= 4 is 0 Å². The smallest absolute Gasteiger partial charge is 0.186 e. The molecule has 0 aliphatic carbocycles. The topological polar surface area (TPSA) is 75.6 Å². The lowest BCUT2D eigenvalue weighted by Gasteiger charge is -2.46. The van der Waals surface area contributed by atoms with E-state index in [-0.39, 0.29) is 6.61 Å². The van der Waals surface area contributed by atoms with Gasteiger partial charge in [-0.15, -0.1) is 6.58 Å². The van der Waals surface area contributed by atoms with Crippen LogP contribution in [0.1, 0.15) is 16.7 Å². The molecule has 0 radical (unpaired) electrons. The van der Waals surface area contributed by atoms with Crippen molar-refractivity contribution in [3.8, 4) is 0 Å². The van der Waals surface area contributed by atoms with E-state index in [2.05, 4.69) is 6.58 Å². The Labute approximate surface area is 230 Å². The molecule has 6 atom stereocenters. The van der Waals surface area contributed by atoms with E-state index in [9.17, 15) is 5.11 Å². The summed E-state index contributed by atoms with van der Waals surface area (Å²) in [5.41, 5.74) is 3.01. The standard InChI is InChI=1S/C32H38O7/c1-3-19-35-23-27(33)28-29(36-20-24-13-7-4-8-14-24)30(37-21-25-15-9-5-10-16-25)31(32(34-2)39-28)38-22-26-17-11-6-12-18-26/h3-18,27-33H,1,19-23H2,2H3/t27?,28-,29+,30+,31+,32+/m0/s1. The van der Waals surface area contributed by atoms with Crippen LogP contribution in [0.4, 0.5) is 0 Å². The van der Waals surface area contributed by atoms with Gasteiger partial charge in [-0.3, -0.25) is 0 Å². The zero-order valence-electron chi connectivity index (χ0n) is 22.3. The largest absolute Gasteiger partial charge is 0.388 e. The lowest BCUT2D eigenvalue weighted by atomic mass is 9.94. The van der Waals surface area contributed by atoms with Crippen molar-refractivity contribution in [2.75, 3.05) is 20.3 Å². The number of methoxy groups -OCH3 is 1. The second-order valence-corrected chi connectivity index (χ2v) is 9.38. The third-order valence-corrected chi connectivity index (χ3v) is 6.52. The van der Waals surface area contributed by atoms with Crippen LogP contribution in [-0.4, -0.2) is 62.2 Å². The van der Waals surface area contributed by atoms with Crippen LogP contribution in [0.2, 0.25) is 0 Å². The van der Waals surface area contributed by atoms with E-state index in [0.29, 0.717) is 26.4 Å². The second-order valence-electron chi connectivity index (χ2n) is 9.38. The predicted molar refractivity (Wildman–Crippen MR) is 148 cm³/mol. The first-order valence-electron chi connectivity index (χ1n) is 13.2. The summed E-state index contributed by atoms with van der Waals surface area (Å²) >= 11 is 0. The first kappa shape index (κ1) is 29.1. The quantitative estimate of drug-likeness (QED) is 0.224. The fourth-order valence-electron chi connectivity index (χ4n) is 4.56. The van der Waals surface area contributed by atoms with Crippen molar-refractivity contribution in [3.05, 3.63) is 120 Å². The molecule has 7 heteroatoms. The Morgan fingerprint density at radius 1 is 0.744 bits per heavy atom. The van der Waals surface area contributed by atoms with Gasteiger partial charge in [0.1, 0.15) is 30.5 Å². The normalized spacial score (nSPS) is 23.8. The summed E-state index contributed by atoms with van der Waals surface area (Å²) in [6.45, 7) is 4.99. The molecule has 208 valence electrons. The molecule has 1 N–H and O–H groups in total. The van der Waals surface area contributed by atoms with E-state index >= 15 is 0 Å². The average Bonchev–Trinajstić information content (AvgIpc) is 2.99. The molecule has 0 bridgehead atoms. The highest BCUT2D eigenvalue weighted by atomic mass is 16.7. The third kappa shape index (κ3) is 8.55. The minimum absolute atomic E-state index is 0.0409. The number of ether oxygens (including phenoxy) is 6.